The van der Waals surface area contributed by atoms with Gasteiger partial charge in [0.1, 0.15) is 5.75 Å². The molecule has 3 N–H and O–H groups in total. The van der Waals surface area contributed by atoms with Gasteiger partial charge < -0.3 is 19.8 Å². The number of nitrogens with zero attached hydrogens (tertiary/aromatic N) is 1. The lowest BCUT2D eigenvalue weighted by Gasteiger charge is -2.12. The number of nitrogens with one attached hydrogen (secondary N) is 1. The Labute approximate surface area is 165 Å². The fourth-order valence-electron chi connectivity index (χ4n) is 3.16. The molecule has 150 valence electrons. The molecule has 0 aliphatic carbocycles. The van der Waals surface area contributed by atoms with Gasteiger partial charge in [0.25, 0.3) is 0 Å². The molecule has 0 unspecified atom stereocenters. The fourth-order valence-corrected chi connectivity index (χ4v) is 3.80. The van der Waals surface area contributed by atoms with Gasteiger partial charge in [0.2, 0.25) is 10.0 Å². The van der Waals surface area contributed by atoms with Crippen LogP contribution < -0.4 is 15.2 Å². The van der Waals surface area contributed by atoms with E-state index in [-0.39, 0.29) is 5.75 Å². The summed E-state index contributed by atoms with van der Waals surface area (Å²) in [6, 6.07) is 13.0. The van der Waals surface area contributed by atoms with E-state index >= 15 is 0 Å². The lowest BCUT2D eigenvalue weighted by Crippen LogP contribution is -2.14. The van der Waals surface area contributed by atoms with Gasteiger partial charge in [0.05, 0.1) is 36.4 Å². The summed E-state index contributed by atoms with van der Waals surface area (Å²) in [4.78, 5) is 0. The molecule has 0 saturated carbocycles. The predicted molar refractivity (Wildman–Crippen MR) is 113 cm³/mol. The molecule has 0 atom stereocenters. The van der Waals surface area contributed by atoms with Crippen LogP contribution in [0.2, 0.25) is 0 Å². The van der Waals surface area contributed by atoms with Gasteiger partial charge in [0, 0.05) is 36.4 Å². The van der Waals surface area contributed by atoms with E-state index in [2.05, 4.69) is 9.29 Å². The summed E-state index contributed by atoms with van der Waals surface area (Å²) >= 11 is 0. The van der Waals surface area contributed by atoms with Crippen LogP contribution in [-0.2, 0) is 21.3 Å². The number of sulfonamides is 1. The average Bonchev–Trinajstić information content (AvgIpc) is 2.98. The summed E-state index contributed by atoms with van der Waals surface area (Å²) in [6.07, 6.45) is 0. The molecule has 2 aromatic carbocycles. The second kappa shape index (κ2) is 8.12. The van der Waals surface area contributed by atoms with Crippen molar-refractivity contribution in [1.29, 1.82) is 0 Å². The summed E-state index contributed by atoms with van der Waals surface area (Å²) in [5.41, 5.74) is 10.4. The Morgan fingerprint density at radius 3 is 2.43 bits per heavy atom. The van der Waals surface area contributed by atoms with Crippen LogP contribution in [0.5, 0.6) is 5.75 Å². The molecule has 0 aliphatic rings. The monoisotopic (exact) mass is 403 g/mol. The van der Waals surface area contributed by atoms with Gasteiger partial charge in [-0.3, -0.25) is 4.72 Å². The summed E-state index contributed by atoms with van der Waals surface area (Å²) in [6.45, 7) is 2.75. The molecule has 0 amide bonds. The van der Waals surface area contributed by atoms with Crippen LogP contribution in [-0.4, -0.2) is 39.6 Å². The first-order chi connectivity index (χ1) is 13.4. The van der Waals surface area contributed by atoms with Crippen molar-refractivity contribution in [3.63, 3.8) is 0 Å². The van der Waals surface area contributed by atoms with Crippen molar-refractivity contribution < 1.29 is 17.9 Å². The van der Waals surface area contributed by atoms with Gasteiger partial charge in [-0.15, -0.1) is 0 Å². The molecular formula is C20H25N3O4S. The number of nitrogen functional groups attached to an aromatic ring is 1. The summed E-state index contributed by atoms with van der Waals surface area (Å²) in [7, 11) is -0.0313. The number of benzene rings is 2. The molecule has 0 radical (unpaired) electrons. The number of aromatic nitrogens is 1. The van der Waals surface area contributed by atoms with E-state index in [1.807, 2.05) is 30.3 Å². The molecule has 1 aromatic heterocycles. The third kappa shape index (κ3) is 3.93. The molecule has 3 rings (SSSR count). The normalized spacial score (nSPS) is 11.7. The molecule has 8 heteroatoms. The Hall–Kier alpha value is -2.71. The second-order valence-electron chi connectivity index (χ2n) is 6.37. The first-order valence-electron chi connectivity index (χ1n) is 8.95. The smallest absolute Gasteiger partial charge is 0.232 e. The van der Waals surface area contributed by atoms with Crippen molar-refractivity contribution in [3.05, 3.63) is 42.5 Å². The quantitative estimate of drug-likeness (QED) is 0.602. The summed E-state index contributed by atoms with van der Waals surface area (Å²) in [5, 5.41) is 0.933. The first kappa shape index (κ1) is 20.0. The summed E-state index contributed by atoms with van der Waals surface area (Å²) < 4.78 is 38.8. The minimum Gasteiger partial charge on any atom is -0.497 e. The Balaban J connectivity index is 2.09. The van der Waals surface area contributed by atoms with Crippen LogP contribution in [0.25, 0.3) is 22.2 Å². The highest BCUT2D eigenvalue weighted by atomic mass is 32.2. The van der Waals surface area contributed by atoms with Crippen molar-refractivity contribution in [2.75, 3.05) is 37.0 Å². The Bertz CT molecular complexity index is 1070. The number of hydrogen-bond acceptors (Lipinski definition) is 5. The van der Waals surface area contributed by atoms with Gasteiger partial charge in [-0.2, -0.15) is 0 Å². The maximum Gasteiger partial charge on any atom is 0.232 e. The molecule has 1 heterocycles. The number of fused-ring (bicyclic) bond motifs is 1. The number of nitrogens with two attached hydrogens (primary N) is 1. The molecule has 0 fully saturated rings. The molecular weight excluding hydrogens is 378 g/mol. The topological polar surface area (TPSA) is 95.6 Å². The largest absolute Gasteiger partial charge is 0.497 e. The highest BCUT2D eigenvalue weighted by Gasteiger charge is 2.17. The van der Waals surface area contributed by atoms with Crippen LogP contribution in [0.15, 0.2) is 42.5 Å². The van der Waals surface area contributed by atoms with E-state index in [9.17, 15) is 8.42 Å². The SMILES string of the molecule is CCS(=O)(=O)Nc1ccc(-c2c(N)c3ccc(OC)cc3n2CCOC)cc1. The average molecular weight is 404 g/mol. The van der Waals surface area contributed by atoms with E-state index in [0.717, 1.165) is 27.9 Å². The maximum absolute atomic E-state index is 11.8. The van der Waals surface area contributed by atoms with Gasteiger partial charge in [-0.1, -0.05) is 12.1 Å². The maximum atomic E-state index is 11.8. The van der Waals surface area contributed by atoms with Crippen molar-refractivity contribution >= 4 is 32.3 Å². The van der Waals surface area contributed by atoms with Crippen molar-refractivity contribution in [1.82, 2.24) is 4.57 Å². The second-order valence-corrected chi connectivity index (χ2v) is 8.38. The van der Waals surface area contributed by atoms with Crippen LogP contribution in [0, 0.1) is 0 Å². The minimum absolute atomic E-state index is 0.0226. The molecule has 0 saturated heterocycles. The van der Waals surface area contributed by atoms with Crippen LogP contribution in [0.4, 0.5) is 11.4 Å². The molecule has 3 aromatic rings. The zero-order valence-electron chi connectivity index (χ0n) is 16.2. The third-order valence-corrected chi connectivity index (χ3v) is 5.95. The molecule has 0 bridgehead atoms. The van der Waals surface area contributed by atoms with E-state index in [4.69, 9.17) is 15.2 Å². The third-order valence-electron chi connectivity index (χ3n) is 4.64. The first-order valence-corrected chi connectivity index (χ1v) is 10.6. The molecule has 28 heavy (non-hydrogen) atoms. The Morgan fingerprint density at radius 1 is 1.11 bits per heavy atom. The van der Waals surface area contributed by atoms with Gasteiger partial charge in [0.15, 0.2) is 0 Å². The van der Waals surface area contributed by atoms with Crippen LogP contribution >= 0.6 is 0 Å². The summed E-state index contributed by atoms with van der Waals surface area (Å²) in [5.74, 6) is 0.772. The highest BCUT2D eigenvalue weighted by molar-refractivity contribution is 7.92. The fraction of sp³-hybridized carbons (Fsp3) is 0.300. The van der Waals surface area contributed by atoms with E-state index in [1.165, 1.54) is 0 Å². The number of rotatable bonds is 8. The number of methoxy groups -OCH3 is 2. The van der Waals surface area contributed by atoms with Crippen molar-refractivity contribution in [3.8, 4) is 17.0 Å². The minimum atomic E-state index is -3.32. The van der Waals surface area contributed by atoms with E-state index < -0.39 is 10.0 Å². The number of anilines is 2. The van der Waals surface area contributed by atoms with E-state index in [0.29, 0.717) is 24.5 Å². The van der Waals surface area contributed by atoms with Crippen LogP contribution in [0.1, 0.15) is 6.92 Å². The number of ether oxygens (including phenoxy) is 2. The van der Waals surface area contributed by atoms with Crippen LogP contribution in [0.3, 0.4) is 0 Å². The lowest BCUT2D eigenvalue weighted by atomic mass is 10.1. The van der Waals surface area contributed by atoms with Crippen molar-refractivity contribution in [2.24, 2.45) is 0 Å². The van der Waals surface area contributed by atoms with Crippen molar-refractivity contribution in [2.45, 2.75) is 13.5 Å². The van der Waals surface area contributed by atoms with Gasteiger partial charge >= 0.3 is 0 Å². The standard InChI is InChI=1S/C20H25N3O4S/c1-4-28(24,25)22-15-7-5-14(6-8-15)20-19(21)17-10-9-16(27-3)13-18(17)23(20)11-12-26-2/h5-10,13,22H,4,11-12,21H2,1-3H3. The molecule has 0 spiro atoms. The van der Waals surface area contributed by atoms with Gasteiger partial charge in [-0.05, 0) is 31.2 Å². The highest BCUT2D eigenvalue weighted by Crippen LogP contribution is 2.38. The van der Waals surface area contributed by atoms with E-state index in [1.54, 1.807) is 33.3 Å². The predicted octanol–water partition coefficient (Wildman–Crippen LogP) is 3.31. The zero-order valence-corrected chi connectivity index (χ0v) is 17.0. The zero-order chi connectivity index (χ0) is 20.3. The Kier molecular flexibility index (Phi) is 5.81. The molecule has 7 nitrogen and oxygen atoms in total. The lowest BCUT2D eigenvalue weighted by molar-refractivity contribution is 0.189. The van der Waals surface area contributed by atoms with Gasteiger partial charge in [-0.25, -0.2) is 8.42 Å². The Morgan fingerprint density at radius 2 is 1.82 bits per heavy atom. The molecule has 0 aliphatic heterocycles. The number of hydrogen-bond donors (Lipinski definition) is 2.